The quantitative estimate of drug-likeness (QED) is 0.340. The van der Waals surface area contributed by atoms with E-state index in [4.69, 9.17) is 9.47 Å². The lowest BCUT2D eigenvalue weighted by Crippen LogP contribution is -2.48. The van der Waals surface area contributed by atoms with Gasteiger partial charge in [-0.3, -0.25) is 10.1 Å². The molecule has 1 aliphatic rings. The van der Waals surface area contributed by atoms with Gasteiger partial charge < -0.3 is 30.1 Å². The number of esters is 1. The number of phenolic OH excluding ortho intramolecular Hbond substituents is 3. The Morgan fingerprint density at radius 3 is 2.42 bits per heavy atom. The van der Waals surface area contributed by atoms with Crippen LogP contribution in [0, 0.1) is 5.92 Å². The first-order chi connectivity index (χ1) is 14.6. The zero-order chi connectivity index (χ0) is 22.9. The Morgan fingerprint density at radius 2 is 1.87 bits per heavy atom. The third-order valence-electron chi connectivity index (χ3n) is 5.44. The molecule has 1 aromatic carbocycles. The molecule has 166 valence electrons. The predicted octanol–water partition coefficient (Wildman–Crippen LogP) is 1.70. The average molecular weight is 431 g/mol. The summed E-state index contributed by atoms with van der Waals surface area (Å²) in [6, 6.07) is 5.43. The second-order valence-corrected chi connectivity index (χ2v) is 7.75. The van der Waals surface area contributed by atoms with Gasteiger partial charge in [-0.2, -0.15) is 0 Å². The number of nitrogens with zero attached hydrogens (tertiary/aromatic N) is 1. The van der Waals surface area contributed by atoms with Crippen LogP contribution in [0.4, 0.5) is 0 Å². The fourth-order valence-corrected chi connectivity index (χ4v) is 3.19. The summed E-state index contributed by atoms with van der Waals surface area (Å²) in [6.45, 7) is 5.51. The first kappa shape index (κ1) is 22.2. The number of methoxy groups -OCH3 is 1. The molecule has 1 saturated heterocycles. The zero-order valence-corrected chi connectivity index (χ0v) is 17.6. The van der Waals surface area contributed by atoms with Crippen molar-refractivity contribution in [3.8, 4) is 23.1 Å². The van der Waals surface area contributed by atoms with Crippen LogP contribution in [-0.4, -0.2) is 44.8 Å². The van der Waals surface area contributed by atoms with Crippen LogP contribution in [0.25, 0.3) is 0 Å². The molecule has 3 rings (SSSR count). The van der Waals surface area contributed by atoms with Gasteiger partial charge in [0.2, 0.25) is 11.8 Å². The van der Waals surface area contributed by atoms with E-state index in [9.17, 15) is 24.9 Å². The highest BCUT2D eigenvalue weighted by molar-refractivity contribution is 5.92. The number of ether oxygens (including phenoxy) is 2. The summed E-state index contributed by atoms with van der Waals surface area (Å²) >= 11 is 0. The molecule has 2 aromatic rings. The van der Waals surface area contributed by atoms with E-state index in [-0.39, 0.29) is 35.6 Å². The van der Waals surface area contributed by atoms with Crippen LogP contribution in [0.2, 0.25) is 0 Å². The molecule has 0 radical (unpaired) electrons. The number of carbonyl (C=O) groups is 2. The summed E-state index contributed by atoms with van der Waals surface area (Å²) < 4.78 is 10.5. The molecule has 2 atom stereocenters. The fraction of sp³-hybridized carbons (Fsp3) is 0.381. The van der Waals surface area contributed by atoms with Gasteiger partial charge in [-0.25, -0.2) is 9.78 Å². The fourth-order valence-electron chi connectivity index (χ4n) is 3.19. The summed E-state index contributed by atoms with van der Waals surface area (Å²) in [5.41, 5.74) is -0.0653. The number of pyridine rings is 1. The topological polar surface area (TPSA) is 150 Å². The van der Waals surface area contributed by atoms with Gasteiger partial charge in [-0.1, -0.05) is 13.8 Å². The lowest BCUT2D eigenvalue weighted by molar-refractivity contribution is -0.125. The highest BCUT2D eigenvalue weighted by Crippen LogP contribution is 2.36. The normalized spacial score (nSPS) is 20.5. The van der Waals surface area contributed by atoms with E-state index in [1.54, 1.807) is 6.92 Å². The van der Waals surface area contributed by atoms with Crippen molar-refractivity contribution in [1.29, 1.82) is 0 Å². The van der Waals surface area contributed by atoms with Crippen LogP contribution < -0.4 is 15.4 Å². The van der Waals surface area contributed by atoms with E-state index in [1.165, 1.54) is 31.4 Å². The number of carbonyl (C=O) groups excluding carboxylic acids is 2. The number of hydrogen-bond donors (Lipinski definition) is 5. The number of rotatable bonds is 6. The van der Waals surface area contributed by atoms with Gasteiger partial charge in [0.15, 0.2) is 17.2 Å². The Labute approximate surface area is 178 Å². The van der Waals surface area contributed by atoms with Gasteiger partial charge in [0.05, 0.1) is 23.9 Å². The number of hydrogen-bond acceptors (Lipinski definition) is 9. The summed E-state index contributed by atoms with van der Waals surface area (Å²) in [6.07, 6.45) is -0.737. The summed E-state index contributed by atoms with van der Waals surface area (Å²) in [5.74, 6) is -2.30. The molecule has 0 unspecified atom stereocenters. The standard InChI is InChI=1S/C21H25N3O7/c1-10(2)21(3)20(29)23-18(24-21)16-12(19(28)30-4)5-6-15(22-16)31-9-11-7-13(25)17(27)14(26)8-11/h5-8,10,18,24-27H,9H2,1-4H3,(H,23,29)/t18-,21+/m1/s1. The Morgan fingerprint density at radius 1 is 1.23 bits per heavy atom. The van der Waals surface area contributed by atoms with Crippen molar-refractivity contribution in [1.82, 2.24) is 15.6 Å². The van der Waals surface area contributed by atoms with Gasteiger partial charge in [-0.15, -0.1) is 0 Å². The van der Waals surface area contributed by atoms with Crippen molar-refractivity contribution in [3.63, 3.8) is 0 Å². The van der Waals surface area contributed by atoms with Crippen LogP contribution in [0.1, 0.15) is 48.6 Å². The van der Waals surface area contributed by atoms with Crippen LogP contribution in [0.15, 0.2) is 24.3 Å². The van der Waals surface area contributed by atoms with Crippen LogP contribution >= 0.6 is 0 Å². The third kappa shape index (κ3) is 4.19. The smallest absolute Gasteiger partial charge is 0.339 e. The molecule has 0 saturated carbocycles. The van der Waals surface area contributed by atoms with Gasteiger partial charge in [0, 0.05) is 6.07 Å². The number of amides is 1. The molecule has 31 heavy (non-hydrogen) atoms. The predicted molar refractivity (Wildman–Crippen MR) is 109 cm³/mol. The van der Waals surface area contributed by atoms with Gasteiger partial charge >= 0.3 is 5.97 Å². The number of benzene rings is 1. The number of phenols is 3. The average Bonchev–Trinajstić information content (AvgIpc) is 3.05. The first-order valence-corrected chi connectivity index (χ1v) is 9.61. The lowest BCUT2D eigenvalue weighted by atomic mass is 9.89. The van der Waals surface area contributed by atoms with Gasteiger partial charge in [0.25, 0.3) is 0 Å². The molecule has 0 spiro atoms. The Balaban J connectivity index is 1.89. The second kappa shape index (κ2) is 8.31. The molecule has 1 fully saturated rings. The molecule has 1 aliphatic heterocycles. The van der Waals surface area contributed by atoms with Crippen molar-refractivity contribution in [2.45, 2.75) is 39.1 Å². The van der Waals surface area contributed by atoms with Crippen LogP contribution in [-0.2, 0) is 16.1 Å². The summed E-state index contributed by atoms with van der Waals surface area (Å²) in [4.78, 5) is 29.2. The van der Waals surface area contributed by atoms with Crippen molar-refractivity contribution in [2.24, 2.45) is 5.92 Å². The molecular formula is C21H25N3O7. The Kier molecular flexibility index (Phi) is 5.94. The summed E-state index contributed by atoms with van der Waals surface area (Å²) in [5, 5.41) is 34.7. The molecule has 1 aromatic heterocycles. The number of aromatic hydroxyl groups is 3. The minimum Gasteiger partial charge on any atom is -0.504 e. The second-order valence-electron chi connectivity index (χ2n) is 7.75. The Bertz CT molecular complexity index is 1000. The molecule has 0 bridgehead atoms. The largest absolute Gasteiger partial charge is 0.504 e. The molecule has 0 aliphatic carbocycles. The van der Waals surface area contributed by atoms with Crippen molar-refractivity contribution in [2.75, 3.05) is 7.11 Å². The molecular weight excluding hydrogens is 406 g/mol. The molecule has 1 amide bonds. The van der Waals surface area contributed by atoms with Crippen molar-refractivity contribution >= 4 is 11.9 Å². The van der Waals surface area contributed by atoms with E-state index in [2.05, 4.69) is 15.6 Å². The minimum absolute atomic E-state index is 0.0200. The van der Waals surface area contributed by atoms with E-state index < -0.39 is 34.9 Å². The molecule has 10 nitrogen and oxygen atoms in total. The number of aromatic nitrogens is 1. The lowest BCUT2D eigenvalue weighted by Gasteiger charge is -2.26. The van der Waals surface area contributed by atoms with E-state index in [1.807, 2.05) is 13.8 Å². The van der Waals surface area contributed by atoms with E-state index >= 15 is 0 Å². The highest BCUT2D eigenvalue weighted by Gasteiger charge is 2.46. The molecule has 2 heterocycles. The van der Waals surface area contributed by atoms with Crippen molar-refractivity contribution in [3.05, 3.63) is 41.1 Å². The van der Waals surface area contributed by atoms with Crippen molar-refractivity contribution < 1.29 is 34.4 Å². The van der Waals surface area contributed by atoms with Crippen LogP contribution in [0.5, 0.6) is 23.1 Å². The minimum atomic E-state index is -0.850. The summed E-state index contributed by atoms with van der Waals surface area (Å²) in [7, 11) is 1.25. The van der Waals surface area contributed by atoms with Gasteiger partial charge in [0.1, 0.15) is 12.8 Å². The van der Waals surface area contributed by atoms with E-state index in [0.29, 0.717) is 5.56 Å². The third-order valence-corrected chi connectivity index (χ3v) is 5.44. The molecule has 5 N–H and O–H groups in total. The maximum Gasteiger partial charge on any atom is 0.339 e. The van der Waals surface area contributed by atoms with Gasteiger partial charge in [-0.05, 0) is 36.6 Å². The van der Waals surface area contributed by atoms with E-state index in [0.717, 1.165) is 0 Å². The maximum atomic E-state index is 12.5. The first-order valence-electron chi connectivity index (χ1n) is 9.61. The highest BCUT2D eigenvalue weighted by atomic mass is 16.5. The Hall–Kier alpha value is -3.53. The SMILES string of the molecule is COC(=O)c1ccc(OCc2cc(O)c(O)c(O)c2)nc1[C@@H]1NC(=O)[C@](C)(C(C)C)N1. The number of nitrogens with one attached hydrogen (secondary N) is 2. The van der Waals surface area contributed by atoms with Crippen LogP contribution in [0.3, 0.4) is 0 Å². The zero-order valence-electron chi connectivity index (χ0n) is 17.6. The maximum absolute atomic E-state index is 12.5. The monoisotopic (exact) mass is 431 g/mol. The molecule has 10 heteroatoms.